The number of methoxy groups -OCH3 is 1. The van der Waals surface area contributed by atoms with Crippen LogP contribution in [0.1, 0.15) is 21.6 Å². The van der Waals surface area contributed by atoms with Crippen molar-refractivity contribution in [1.29, 1.82) is 0 Å². The minimum atomic E-state index is -0.236. The van der Waals surface area contributed by atoms with Crippen molar-refractivity contribution in [2.75, 3.05) is 30.9 Å². The molecule has 0 spiro atoms. The zero-order valence-electron chi connectivity index (χ0n) is 16.9. The van der Waals surface area contributed by atoms with Crippen LogP contribution in [0.5, 0.6) is 11.5 Å². The maximum Gasteiger partial charge on any atom is 0.274 e. The Hall–Kier alpha value is -3.54. The van der Waals surface area contributed by atoms with Crippen LogP contribution in [0, 0.1) is 13.8 Å². The summed E-state index contributed by atoms with van der Waals surface area (Å²) < 4.78 is 10.8. The van der Waals surface area contributed by atoms with E-state index in [1.807, 2.05) is 62.4 Å². The fourth-order valence-corrected chi connectivity index (χ4v) is 2.89. The lowest BCUT2D eigenvalue weighted by atomic mass is 10.1. The van der Waals surface area contributed by atoms with Crippen molar-refractivity contribution in [3.05, 3.63) is 77.6 Å². The van der Waals surface area contributed by atoms with Crippen LogP contribution in [-0.2, 0) is 0 Å². The topological polar surface area (TPSA) is 72.5 Å². The van der Waals surface area contributed by atoms with Gasteiger partial charge in [0.05, 0.1) is 7.11 Å². The first-order valence-corrected chi connectivity index (χ1v) is 9.41. The molecule has 0 bridgehead atoms. The number of aryl methyl sites for hydroxylation is 2. The normalized spacial score (nSPS) is 10.3. The Morgan fingerprint density at radius 2 is 1.69 bits per heavy atom. The Balaban J connectivity index is 1.54. The number of anilines is 2. The largest absolute Gasteiger partial charge is 0.497 e. The predicted molar refractivity (Wildman–Crippen MR) is 115 cm³/mol. The first-order chi connectivity index (χ1) is 14.1. The van der Waals surface area contributed by atoms with Crippen molar-refractivity contribution < 1.29 is 14.3 Å². The zero-order valence-corrected chi connectivity index (χ0v) is 16.9. The highest BCUT2D eigenvalue weighted by Crippen LogP contribution is 2.20. The predicted octanol–water partition coefficient (Wildman–Crippen LogP) is 4.45. The van der Waals surface area contributed by atoms with Crippen molar-refractivity contribution in [3.63, 3.8) is 0 Å². The fourth-order valence-electron chi connectivity index (χ4n) is 2.89. The van der Waals surface area contributed by atoms with Gasteiger partial charge in [0.1, 0.15) is 23.8 Å². The van der Waals surface area contributed by atoms with E-state index >= 15 is 0 Å². The van der Waals surface area contributed by atoms with Crippen LogP contribution in [0.15, 0.2) is 60.8 Å². The number of para-hydroxylation sites is 1. The molecule has 0 aliphatic heterocycles. The maximum atomic E-state index is 12.6. The van der Waals surface area contributed by atoms with Gasteiger partial charge in [0.2, 0.25) is 0 Å². The lowest BCUT2D eigenvalue weighted by Gasteiger charge is -2.12. The lowest BCUT2D eigenvalue weighted by Crippen LogP contribution is -2.16. The van der Waals surface area contributed by atoms with Crippen LogP contribution in [0.2, 0.25) is 0 Å². The van der Waals surface area contributed by atoms with E-state index in [0.29, 0.717) is 18.8 Å². The molecule has 0 aliphatic carbocycles. The van der Waals surface area contributed by atoms with Crippen LogP contribution in [0.3, 0.4) is 0 Å². The first kappa shape index (κ1) is 20.2. The van der Waals surface area contributed by atoms with Crippen LogP contribution in [-0.4, -0.2) is 31.2 Å². The zero-order chi connectivity index (χ0) is 20.6. The second kappa shape index (κ2) is 9.59. The monoisotopic (exact) mass is 391 g/mol. The van der Waals surface area contributed by atoms with Gasteiger partial charge in [0.15, 0.2) is 0 Å². The fraction of sp³-hybridized carbons (Fsp3) is 0.217. The first-order valence-electron chi connectivity index (χ1n) is 9.41. The average Bonchev–Trinajstić information content (AvgIpc) is 2.74. The Kier molecular flexibility index (Phi) is 6.68. The van der Waals surface area contributed by atoms with Crippen LogP contribution in [0.4, 0.5) is 11.4 Å². The van der Waals surface area contributed by atoms with E-state index in [9.17, 15) is 4.79 Å². The summed E-state index contributed by atoms with van der Waals surface area (Å²) in [5.41, 5.74) is 4.02. The molecular formula is C23H25N3O3. The van der Waals surface area contributed by atoms with Gasteiger partial charge >= 0.3 is 0 Å². The summed E-state index contributed by atoms with van der Waals surface area (Å²) in [6.45, 7) is 5.01. The van der Waals surface area contributed by atoms with E-state index < -0.39 is 0 Å². The molecule has 0 unspecified atom stereocenters. The van der Waals surface area contributed by atoms with Crippen molar-refractivity contribution in [3.8, 4) is 11.5 Å². The van der Waals surface area contributed by atoms with Gasteiger partial charge in [-0.1, -0.05) is 18.2 Å². The molecule has 6 heteroatoms. The summed E-state index contributed by atoms with van der Waals surface area (Å²) in [5.74, 6) is 1.33. The number of ether oxygens (including phenoxy) is 2. The Bertz CT molecular complexity index is 951. The number of pyridine rings is 1. The second-order valence-corrected chi connectivity index (χ2v) is 6.60. The maximum absolute atomic E-state index is 12.6. The molecule has 2 N–H and O–H groups in total. The Labute approximate surface area is 170 Å². The van der Waals surface area contributed by atoms with E-state index in [2.05, 4.69) is 15.6 Å². The highest BCUT2D eigenvalue weighted by Gasteiger charge is 2.11. The molecular weight excluding hydrogens is 366 g/mol. The summed E-state index contributed by atoms with van der Waals surface area (Å²) in [6, 6.07) is 16.9. The summed E-state index contributed by atoms with van der Waals surface area (Å²) in [5, 5.41) is 6.21. The number of hydrogen-bond acceptors (Lipinski definition) is 5. The standard InChI is InChI=1S/C23H25N3O3/c1-16-5-4-6-17(2)22(16)26-23(27)21-15-18(11-12-25-21)24-13-14-29-20-9-7-19(28-3)8-10-20/h4-12,15H,13-14H2,1-3H3,(H,24,25)(H,26,27). The SMILES string of the molecule is COc1ccc(OCCNc2ccnc(C(=O)Nc3c(C)cccc3C)c2)cc1. The molecule has 0 radical (unpaired) electrons. The molecule has 0 saturated heterocycles. The smallest absolute Gasteiger partial charge is 0.274 e. The third kappa shape index (κ3) is 5.48. The Morgan fingerprint density at radius 3 is 2.38 bits per heavy atom. The molecule has 1 amide bonds. The number of benzene rings is 2. The van der Waals surface area contributed by atoms with E-state index in [1.54, 1.807) is 19.4 Å². The molecule has 2 aromatic carbocycles. The van der Waals surface area contributed by atoms with Crippen LogP contribution < -0.4 is 20.1 Å². The molecule has 1 heterocycles. The summed E-state index contributed by atoms with van der Waals surface area (Å²) in [6.07, 6.45) is 1.62. The third-order valence-electron chi connectivity index (χ3n) is 4.47. The van der Waals surface area contributed by atoms with Gasteiger partial charge < -0.3 is 20.1 Å². The number of rotatable bonds is 8. The minimum absolute atomic E-state index is 0.236. The van der Waals surface area contributed by atoms with E-state index in [-0.39, 0.29) is 5.91 Å². The third-order valence-corrected chi connectivity index (χ3v) is 4.47. The van der Waals surface area contributed by atoms with E-state index in [1.165, 1.54) is 0 Å². The number of nitrogens with one attached hydrogen (secondary N) is 2. The molecule has 3 aromatic rings. The van der Waals surface area contributed by atoms with Gasteiger partial charge in [0, 0.05) is 24.1 Å². The van der Waals surface area contributed by atoms with Gasteiger partial charge in [-0.25, -0.2) is 0 Å². The van der Waals surface area contributed by atoms with Gasteiger partial charge in [-0.05, 0) is 61.4 Å². The molecule has 3 rings (SSSR count). The quantitative estimate of drug-likeness (QED) is 0.555. The minimum Gasteiger partial charge on any atom is -0.497 e. The van der Waals surface area contributed by atoms with Crippen LogP contribution >= 0.6 is 0 Å². The summed E-state index contributed by atoms with van der Waals surface area (Å²) >= 11 is 0. The average molecular weight is 391 g/mol. The second-order valence-electron chi connectivity index (χ2n) is 6.60. The molecule has 0 fully saturated rings. The number of hydrogen-bond donors (Lipinski definition) is 2. The molecule has 0 aliphatic rings. The molecule has 0 saturated carbocycles. The van der Waals surface area contributed by atoms with Crippen molar-refractivity contribution in [1.82, 2.24) is 4.98 Å². The molecule has 150 valence electrons. The number of carbonyl (C=O) groups is 1. The van der Waals surface area contributed by atoms with Crippen LogP contribution in [0.25, 0.3) is 0 Å². The lowest BCUT2D eigenvalue weighted by molar-refractivity contribution is 0.102. The van der Waals surface area contributed by atoms with Gasteiger partial charge in [-0.3, -0.25) is 9.78 Å². The van der Waals surface area contributed by atoms with E-state index in [0.717, 1.165) is 34.0 Å². The van der Waals surface area contributed by atoms with Crippen molar-refractivity contribution in [2.45, 2.75) is 13.8 Å². The number of aromatic nitrogens is 1. The molecule has 1 aromatic heterocycles. The molecule has 0 atom stereocenters. The number of nitrogens with zero attached hydrogens (tertiary/aromatic N) is 1. The van der Waals surface area contributed by atoms with Crippen molar-refractivity contribution >= 4 is 17.3 Å². The summed E-state index contributed by atoms with van der Waals surface area (Å²) in [7, 11) is 1.63. The molecule has 6 nitrogen and oxygen atoms in total. The number of amides is 1. The van der Waals surface area contributed by atoms with E-state index in [4.69, 9.17) is 9.47 Å². The number of carbonyl (C=O) groups excluding carboxylic acids is 1. The molecule has 29 heavy (non-hydrogen) atoms. The highest BCUT2D eigenvalue weighted by molar-refractivity contribution is 6.04. The van der Waals surface area contributed by atoms with Crippen molar-refractivity contribution in [2.24, 2.45) is 0 Å². The highest BCUT2D eigenvalue weighted by atomic mass is 16.5. The van der Waals surface area contributed by atoms with Gasteiger partial charge in [0.25, 0.3) is 5.91 Å². The summed E-state index contributed by atoms with van der Waals surface area (Å²) in [4.78, 5) is 16.8. The Morgan fingerprint density at radius 1 is 1.00 bits per heavy atom. The van der Waals surface area contributed by atoms with Gasteiger partial charge in [-0.2, -0.15) is 0 Å². The van der Waals surface area contributed by atoms with Gasteiger partial charge in [-0.15, -0.1) is 0 Å².